The van der Waals surface area contributed by atoms with Crippen molar-refractivity contribution in [2.45, 2.75) is 45.7 Å². The molecule has 3 rings (SSSR count). The Balaban J connectivity index is 1.66. The fourth-order valence-electron chi connectivity index (χ4n) is 3.32. The van der Waals surface area contributed by atoms with Crippen molar-refractivity contribution < 1.29 is 4.79 Å². The molecule has 0 aliphatic heterocycles. The molecule has 0 aromatic heterocycles. The maximum Gasteiger partial charge on any atom is 0.164 e. The van der Waals surface area contributed by atoms with Gasteiger partial charge in [0, 0.05) is 31.1 Å². The first-order valence-electron chi connectivity index (χ1n) is 9.25. The highest BCUT2D eigenvalue weighted by Gasteiger charge is 2.13. The van der Waals surface area contributed by atoms with E-state index in [0.29, 0.717) is 12.5 Å². The smallest absolute Gasteiger partial charge is 0.164 e. The molecule has 0 radical (unpaired) electrons. The van der Waals surface area contributed by atoms with Gasteiger partial charge in [-0.1, -0.05) is 54.6 Å². The zero-order valence-corrected chi connectivity index (χ0v) is 15.2. The van der Waals surface area contributed by atoms with Crippen molar-refractivity contribution in [1.29, 1.82) is 0 Å². The summed E-state index contributed by atoms with van der Waals surface area (Å²) >= 11 is 0. The first kappa shape index (κ1) is 17.6. The predicted molar refractivity (Wildman–Crippen MR) is 105 cm³/mol. The van der Waals surface area contributed by atoms with E-state index in [4.69, 9.17) is 0 Å². The minimum absolute atomic E-state index is 0.237. The van der Waals surface area contributed by atoms with E-state index in [1.54, 1.807) is 0 Å². The molecule has 0 fully saturated rings. The maximum absolute atomic E-state index is 12.7. The summed E-state index contributed by atoms with van der Waals surface area (Å²) in [6.07, 6.45) is 7.23. The van der Waals surface area contributed by atoms with Gasteiger partial charge in [-0.05, 0) is 48.8 Å². The molecule has 0 saturated carbocycles. The van der Waals surface area contributed by atoms with E-state index in [-0.39, 0.29) is 5.78 Å². The number of fused-ring (bicyclic) bond motifs is 1. The number of carbonyl (C=O) groups is 1. The molecule has 2 heteroatoms. The van der Waals surface area contributed by atoms with Crippen LogP contribution in [0.2, 0.25) is 0 Å². The minimum Gasteiger partial charge on any atom is -0.296 e. The molecule has 2 nitrogen and oxygen atoms in total. The lowest BCUT2D eigenvalue weighted by Crippen LogP contribution is -2.33. The molecule has 0 saturated heterocycles. The molecule has 2 aromatic rings. The molecule has 25 heavy (non-hydrogen) atoms. The topological polar surface area (TPSA) is 20.3 Å². The first-order chi connectivity index (χ1) is 12.1. The fourth-order valence-corrected chi connectivity index (χ4v) is 3.32. The number of rotatable bonds is 7. The lowest BCUT2D eigenvalue weighted by Gasteiger charge is -2.26. The largest absolute Gasteiger partial charge is 0.296 e. The van der Waals surface area contributed by atoms with Crippen molar-refractivity contribution in [3.63, 3.8) is 0 Å². The zero-order chi connectivity index (χ0) is 17.6. The molecule has 0 bridgehead atoms. The van der Waals surface area contributed by atoms with Crippen LogP contribution >= 0.6 is 0 Å². The molecule has 130 valence electrons. The van der Waals surface area contributed by atoms with Crippen molar-refractivity contribution in [2.75, 3.05) is 6.54 Å². The Morgan fingerprint density at radius 2 is 1.72 bits per heavy atom. The van der Waals surface area contributed by atoms with Crippen molar-refractivity contribution in [1.82, 2.24) is 4.90 Å². The number of hydrogen-bond acceptors (Lipinski definition) is 2. The summed E-state index contributed by atoms with van der Waals surface area (Å²) in [7, 11) is 0. The number of hydrogen-bond donors (Lipinski definition) is 0. The van der Waals surface area contributed by atoms with E-state index in [1.807, 2.05) is 12.1 Å². The van der Waals surface area contributed by atoms with Gasteiger partial charge in [0.1, 0.15) is 0 Å². The average Bonchev–Trinajstić information content (AvgIpc) is 2.65. The van der Waals surface area contributed by atoms with E-state index in [0.717, 1.165) is 31.5 Å². The highest BCUT2D eigenvalue weighted by Crippen LogP contribution is 2.10. The van der Waals surface area contributed by atoms with Crippen LogP contribution in [0.5, 0.6) is 0 Å². The van der Waals surface area contributed by atoms with Crippen LogP contribution in [-0.4, -0.2) is 23.3 Å². The van der Waals surface area contributed by atoms with Gasteiger partial charge in [0.15, 0.2) is 5.78 Å². The second-order valence-electron chi connectivity index (χ2n) is 7.05. The molecular weight excluding hydrogens is 306 g/mol. The van der Waals surface area contributed by atoms with Gasteiger partial charge in [0.05, 0.1) is 0 Å². The first-order valence-corrected chi connectivity index (χ1v) is 9.25. The Morgan fingerprint density at radius 1 is 1.00 bits per heavy atom. The van der Waals surface area contributed by atoms with Crippen LogP contribution in [0, 0.1) is 0 Å². The van der Waals surface area contributed by atoms with Gasteiger partial charge in [0.25, 0.3) is 0 Å². The summed E-state index contributed by atoms with van der Waals surface area (Å²) in [5, 5.41) is 2.47. The van der Waals surface area contributed by atoms with Crippen LogP contribution in [-0.2, 0) is 6.54 Å². The molecular formula is C23H27NO. The molecule has 0 N–H and O–H groups in total. The summed E-state index contributed by atoms with van der Waals surface area (Å²) < 4.78 is 0. The van der Waals surface area contributed by atoms with Gasteiger partial charge in [-0.25, -0.2) is 0 Å². The standard InChI is InChI=1S/C23H27NO/c1-18(2)24(17-19-8-4-3-5-9-19)15-14-23(25)22-13-12-20-10-6-7-11-21(20)16-22/h3-5,8-13,16,18H,6-7,14-15,17H2,1-2H3. The summed E-state index contributed by atoms with van der Waals surface area (Å²) in [4.78, 5) is 15.0. The Morgan fingerprint density at radius 3 is 2.44 bits per heavy atom. The summed E-state index contributed by atoms with van der Waals surface area (Å²) in [5.41, 5.74) is 2.14. The minimum atomic E-state index is 0.237. The SMILES string of the molecule is CC(C)N(CCC(=O)c1ccc2c(c1)=CCCC=2)Cc1ccccc1. The van der Waals surface area contributed by atoms with Crippen molar-refractivity contribution in [3.05, 3.63) is 70.1 Å². The fraction of sp³-hybridized carbons (Fsp3) is 0.348. The molecule has 0 amide bonds. The van der Waals surface area contributed by atoms with Crippen molar-refractivity contribution in [3.8, 4) is 0 Å². The van der Waals surface area contributed by atoms with Crippen molar-refractivity contribution in [2.24, 2.45) is 0 Å². The highest BCUT2D eigenvalue weighted by molar-refractivity contribution is 5.96. The Bertz CT molecular complexity index is 836. The molecule has 1 aliphatic carbocycles. The summed E-state index contributed by atoms with van der Waals surface area (Å²) in [6.45, 7) is 6.06. The maximum atomic E-state index is 12.7. The number of nitrogens with zero attached hydrogens (tertiary/aromatic N) is 1. The molecule has 2 aromatic carbocycles. The quantitative estimate of drug-likeness (QED) is 0.723. The second kappa shape index (κ2) is 8.26. The van der Waals surface area contributed by atoms with Gasteiger partial charge >= 0.3 is 0 Å². The van der Waals surface area contributed by atoms with Crippen LogP contribution < -0.4 is 10.4 Å². The lowest BCUT2D eigenvalue weighted by atomic mass is 10.0. The average molecular weight is 333 g/mol. The monoisotopic (exact) mass is 333 g/mol. The normalized spacial score (nSPS) is 13.3. The number of benzene rings is 2. The Hall–Kier alpha value is -2.19. The summed E-state index contributed by atoms with van der Waals surface area (Å²) in [6, 6.07) is 17.0. The highest BCUT2D eigenvalue weighted by atomic mass is 16.1. The third-order valence-corrected chi connectivity index (χ3v) is 4.89. The van der Waals surface area contributed by atoms with E-state index in [1.165, 1.54) is 16.0 Å². The van der Waals surface area contributed by atoms with Crippen LogP contribution in [0.15, 0.2) is 48.5 Å². The van der Waals surface area contributed by atoms with E-state index < -0.39 is 0 Å². The molecule has 0 heterocycles. The Labute approximate surface area is 150 Å². The number of ketones is 1. The molecule has 0 spiro atoms. The summed E-state index contributed by atoms with van der Waals surface area (Å²) in [5.74, 6) is 0.237. The third kappa shape index (κ3) is 4.67. The van der Waals surface area contributed by atoms with Gasteiger partial charge < -0.3 is 0 Å². The predicted octanol–water partition coefficient (Wildman–Crippen LogP) is 3.52. The van der Waals surface area contributed by atoms with E-state index >= 15 is 0 Å². The van der Waals surface area contributed by atoms with Crippen LogP contribution in [0.4, 0.5) is 0 Å². The van der Waals surface area contributed by atoms with Crippen LogP contribution in [0.1, 0.15) is 49.0 Å². The van der Waals surface area contributed by atoms with Crippen LogP contribution in [0.3, 0.4) is 0 Å². The van der Waals surface area contributed by atoms with E-state index in [2.05, 4.69) is 67.3 Å². The number of Topliss-reactive ketones (excluding diaryl/α,β-unsaturated/α-hetero) is 1. The van der Waals surface area contributed by atoms with Crippen molar-refractivity contribution >= 4 is 17.9 Å². The molecule has 0 unspecified atom stereocenters. The molecule has 0 atom stereocenters. The molecule has 1 aliphatic rings. The number of carbonyl (C=O) groups excluding carboxylic acids is 1. The van der Waals surface area contributed by atoms with Gasteiger partial charge in [0.2, 0.25) is 0 Å². The van der Waals surface area contributed by atoms with Gasteiger partial charge in [-0.3, -0.25) is 9.69 Å². The van der Waals surface area contributed by atoms with Gasteiger partial charge in [-0.2, -0.15) is 0 Å². The van der Waals surface area contributed by atoms with Gasteiger partial charge in [-0.15, -0.1) is 0 Å². The third-order valence-electron chi connectivity index (χ3n) is 4.89. The Kier molecular flexibility index (Phi) is 5.83. The lowest BCUT2D eigenvalue weighted by molar-refractivity contribution is 0.0952. The van der Waals surface area contributed by atoms with E-state index in [9.17, 15) is 4.79 Å². The van der Waals surface area contributed by atoms with Crippen LogP contribution in [0.25, 0.3) is 12.2 Å². The zero-order valence-electron chi connectivity index (χ0n) is 15.2. The second-order valence-corrected chi connectivity index (χ2v) is 7.05.